The number of nitrogens with one attached hydrogen (secondary N) is 2. The Balaban J connectivity index is 1.89. The van der Waals surface area contributed by atoms with Crippen molar-refractivity contribution >= 4 is 23.5 Å². The number of carbonyl (C=O) groups excluding carboxylic acids is 3. The summed E-state index contributed by atoms with van der Waals surface area (Å²) in [7, 11) is 3.49. The number of halogens is 3. The number of hydrogen-bond donors (Lipinski definition) is 2. The van der Waals surface area contributed by atoms with Crippen molar-refractivity contribution in [3.8, 4) is 6.07 Å². The van der Waals surface area contributed by atoms with Gasteiger partial charge in [0.25, 0.3) is 0 Å². The molecule has 37 heavy (non-hydrogen) atoms. The van der Waals surface area contributed by atoms with E-state index in [9.17, 15) is 32.8 Å². The van der Waals surface area contributed by atoms with Crippen molar-refractivity contribution in [2.24, 2.45) is 22.7 Å². The highest BCUT2D eigenvalue weighted by atomic mass is 19.4. The zero-order valence-electron chi connectivity index (χ0n) is 21.8. The van der Waals surface area contributed by atoms with E-state index >= 15 is 0 Å². The van der Waals surface area contributed by atoms with Crippen LogP contribution in [-0.4, -0.2) is 71.5 Å². The van der Waals surface area contributed by atoms with E-state index < -0.39 is 47.4 Å². The highest BCUT2D eigenvalue weighted by Gasteiger charge is 2.70. The molecule has 2 heterocycles. The quantitative estimate of drug-likeness (QED) is 0.581. The second kappa shape index (κ2) is 9.46. The summed E-state index contributed by atoms with van der Waals surface area (Å²) in [5.41, 5.74) is -1.15. The topological polar surface area (TPSA) is 131 Å². The van der Waals surface area contributed by atoms with Gasteiger partial charge in [-0.1, -0.05) is 34.6 Å². The number of piperidine rings is 1. The highest BCUT2D eigenvalue weighted by Crippen LogP contribution is 2.65. The van der Waals surface area contributed by atoms with E-state index in [1.54, 1.807) is 19.0 Å². The summed E-state index contributed by atoms with van der Waals surface area (Å²) in [6, 6.07) is -1.73. The summed E-state index contributed by atoms with van der Waals surface area (Å²) in [6.07, 6.45) is -2.32. The van der Waals surface area contributed by atoms with Crippen LogP contribution in [-0.2, 0) is 14.4 Å². The minimum atomic E-state index is -5.17. The van der Waals surface area contributed by atoms with Gasteiger partial charge in [-0.25, -0.2) is 4.98 Å². The fraction of sp³-hybridized carbons (Fsp3) is 0.667. The van der Waals surface area contributed by atoms with Gasteiger partial charge in [0.05, 0.1) is 24.2 Å². The first kappa shape index (κ1) is 28.1. The van der Waals surface area contributed by atoms with E-state index in [2.05, 4.69) is 15.3 Å². The lowest BCUT2D eigenvalue weighted by Gasteiger charge is -2.37. The van der Waals surface area contributed by atoms with Crippen LogP contribution in [0.2, 0.25) is 0 Å². The van der Waals surface area contributed by atoms with Crippen molar-refractivity contribution in [2.45, 2.75) is 58.9 Å². The van der Waals surface area contributed by atoms with Crippen LogP contribution in [0.25, 0.3) is 0 Å². The third kappa shape index (κ3) is 5.47. The summed E-state index contributed by atoms with van der Waals surface area (Å²) in [5.74, 6) is -3.46. The molecule has 10 nitrogen and oxygen atoms in total. The molecule has 1 unspecified atom stereocenters. The van der Waals surface area contributed by atoms with Gasteiger partial charge in [-0.05, 0) is 22.7 Å². The SMILES string of the molecule is CN(C)c1cncc(C(C#N)NC(=O)[C@@H]2[C@@H]3[C@H](CN2C(=O)[C@@H](NC(=O)C(F)(F)F)C(C)(C)C)C3(C)C)n1. The smallest absolute Gasteiger partial charge is 0.361 e. The Morgan fingerprint density at radius 3 is 2.32 bits per heavy atom. The van der Waals surface area contributed by atoms with Crippen LogP contribution in [0.15, 0.2) is 12.4 Å². The Labute approximate surface area is 213 Å². The Bertz CT molecular complexity index is 1120. The number of amides is 3. The molecule has 0 aromatic carbocycles. The van der Waals surface area contributed by atoms with Gasteiger partial charge in [0.15, 0.2) is 6.04 Å². The van der Waals surface area contributed by atoms with Gasteiger partial charge in [-0.15, -0.1) is 0 Å². The number of rotatable bonds is 6. The van der Waals surface area contributed by atoms with Gasteiger partial charge in [0, 0.05) is 20.6 Å². The maximum atomic E-state index is 13.6. The highest BCUT2D eigenvalue weighted by molar-refractivity contribution is 5.95. The van der Waals surface area contributed by atoms with E-state index in [-0.39, 0.29) is 29.5 Å². The summed E-state index contributed by atoms with van der Waals surface area (Å²) < 4.78 is 39.0. The first-order chi connectivity index (χ1) is 16.9. The molecule has 1 aromatic rings. The maximum Gasteiger partial charge on any atom is 0.471 e. The molecule has 1 saturated carbocycles. The Kier molecular flexibility index (Phi) is 7.20. The van der Waals surface area contributed by atoms with E-state index in [0.717, 1.165) is 0 Å². The third-order valence-corrected chi connectivity index (χ3v) is 7.22. The average Bonchev–Trinajstić information content (AvgIpc) is 3.12. The molecule has 1 aliphatic heterocycles. The average molecular weight is 524 g/mol. The summed E-state index contributed by atoms with van der Waals surface area (Å²) in [6.45, 7) is 8.64. The number of alkyl halides is 3. The molecular formula is C24H32F3N7O3. The van der Waals surface area contributed by atoms with Gasteiger partial charge >= 0.3 is 12.1 Å². The van der Waals surface area contributed by atoms with Crippen molar-refractivity contribution in [3.05, 3.63) is 18.1 Å². The number of anilines is 1. The van der Waals surface area contributed by atoms with Gasteiger partial charge in [0.2, 0.25) is 11.8 Å². The summed E-state index contributed by atoms with van der Waals surface area (Å²) in [5, 5.41) is 14.2. The van der Waals surface area contributed by atoms with E-state index in [0.29, 0.717) is 5.82 Å². The van der Waals surface area contributed by atoms with E-state index in [1.807, 2.05) is 25.2 Å². The summed E-state index contributed by atoms with van der Waals surface area (Å²) >= 11 is 0. The van der Waals surface area contributed by atoms with Gasteiger partial charge in [0.1, 0.15) is 17.9 Å². The summed E-state index contributed by atoms with van der Waals surface area (Å²) in [4.78, 5) is 50.1. The Morgan fingerprint density at radius 2 is 1.81 bits per heavy atom. The molecular weight excluding hydrogens is 491 g/mol. The molecule has 3 rings (SSSR count). The predicted octanol–water partition coefficient (Wildman–Crippen LogP) is 1.80. The molecule has 3 amide bonds. The number of hydrogen-bond acceptors (Lipinski definition) is 7. The van der Waals surface area contributed by atoms with Crippen LogP contribution in [0, 0.1) is 34.0 Å². The predicted molar refractivity (Wildman–Crippen MR) is 127 cm³/mol. The molecule has 1 saturated heterocycles. The Hall–Kier alpha value is -3.43. The van der Waals surface area contributed by atoms with Crippen LogP contribution in [0.5, 0.6) is 0 Å². The van der Waals surface area contributed by atoms with Crippen molar-refractivity contribution in [2.75, 3.05) is 25.5 Å². The molecule has 202 valence electrons. The molecule has 2 aliphatic rings. The minimum absolute atomic E-state index is 0.0523. The normalized spacial score (nSPS) is 23.8. The zero-order valence-corrected chi connectivity index (χ0v) is 21.8. The lowest BCUT2D eigenvalue weighted by molar-refractivity contribution is -0.176. The molecule has 0 radical (unpaired) electrons. The van der Waals surface area contributed by atoms with Crippen LogP contribution in [0.4, 0.5) is 19.0 Å². The molecule has 0 bridgehead atoms. The first-order valence-corrected chi connectivity index (χ1v) is 11.8. The molecule has 13 heteroatoms. The number of likely N-dealkylation sites (tertiary alicyclic amines) is 1. The first-order valence-electron chi connectivity index (χ1n) is 11.8. The lowest BCUT2D eigenvalue weighted by Crippen LogP contribution is -2.60. The Morgan fingerprint density at radius 1 is 1.19 bits per heavy atom. The molecule has 2 fully saturated rings. The van der Waals surface area contributed by atoms with E-state index in [4.69, 9.17) is 0 Å². The second-order valence-electron chi connectivity index (χ2n) is 11.4. The third-order valence-electron chi connectivity index (χ3n) is 7.22. The van der Waals surface area contributed by atoms with Crippen molar-refractivity contribution in [3.63, 3.8) is 0 Å². The van der Waals surface area contributed by atoms with Crippen LogP contribution < -0.4 is 15.5 Å². The standard InChI is InChI=1S/C24H32F3N7O3/c1-22(2,3)18(32-21(37)24(25,26)27)20(36)34-11-12-16(23(12,4)5)17(34)19(35)31-13(8-28)14-9-29-10-15(30-14)33(6)7/h9-10,12-13,16-18H,11H2,1-7H3,(H,31,35)(H,32,37)/t12-,13?,16-,17-,18+/m0/s1. The van der Waals surface area contributed by atoms with Crippen molar-refractivity contribution in [1.29, 1.82) is 5.26 Å². The fourth-order valence-electron chi connectivity index (χ4n) is 4.97. The van der Waals surface area contributed by atoms with Crippen LogP contribution in [0.3, 0.4) is 0 Å². The molecule has 0 spiro atoms. The number of fused-ring (bicyclic) bond motifs is 1. The van der Waals surface area contributed by atoms with Crippen molar-refractivity contribution in [1.82, 2.24) is 25.5 Å². The second-order valence-corrected chi connectivity index (χ2v) is 11.4. The van der Waals surface area contributed by atoms with Gasteiger partial charge < -0.3 is 20.4 Å². The largest absolute Gasteiger partial charge is 0.471 e. The lowest BCUT2D eigenvalue weighted by atomic mass is 9.85. The molecule has 1 aliphatic carbocycles. The molecule has 1 aromatic heterocycles. The number of aromatic nitrogens is 2. The van der Waals surface area contributed by atoms with Gasteiger partial charge in [-0.3, -0.25) is 19.4 Å². The van der Waals surface area contributed by atoms with E-state index in [1.165, 1.54) is 38.1 Å². The minimum Gasteiger partial charge on any atom is -0.361 e. The van der Waals surface area contributed by atoms with Crippen LogP contribution in [0.1, 0.15) is 46.4 Å². The number of carbonyl (C=O) groups is 3. The number of nitrogens with zero attached hydrogens (tertiary/aromatic N) is 5. The maximum absolute atomic E-state index is 13.6. The number of nitriles is 1. The van der Waals surface area contributed by atoms with Gasteiger partial charge in [-0.2, -0.15) is 18.4 Å². The van der Waals surface area contributed by atoms with Crippen molar-refractivity contribution < 1.29 is 27.6 Å². The molecule has 5 atom stereocenters. The van der Waals surface area contributed by atoms with Crippen LogP contribution >= 0.6 is 0 Å². The molecule has 2 N–H and O–H groups in total. The fourth-order valence-corrected chi connectivity index (χ4v) is 4.97. The monoisotopic (exact) mass is 523 g/mol. The zero-order chi connectivity index (χ0) is 28.1.